The first-order valence-electron chi connectivity index (χ1n) is 5.68. The molecule has 10 heteroatoms. The third kappa shape index (κ3) is 5.00. The van der Waals surface area contributed by atoms with Crippen molar-refractivity contribution in [3.05, 3.63) is 0 Å². The zero-order valence-corrected chi connectivity index (χ0v) is 11.3. The smallest absolute Gasteiger partial charge is 0.352 e. The van der Waals surface area contributed by atoms with E-state index >= 15 is 0 Å². The highest BCUT2D eigenvalue weighted by Crippen LogP contribution is 2.27. The van der Waals surface area contributed by atoms with Crippen molar-refractivity contribution < 1.29 is 49.1 Å². The highest BCUT2D eigenvalue weighted by atomic mass is 16.6. The van der Waals surface area contributed by atoms with E-state index in [1.165, 1.54) is 0 Å². The van der Waals surface area contributed by atoms with Gasteiger partial charge in [0.1, 0.15) is 0 Å². The second kappa shape index (κ2) is 7.55. The zero-order chi connectivity index (χ0) is 16.8. The van der Waals surface area contributed by atoms with Crippen LogP contribution in [0.25, 0.3) is 0 Å². The molecule has 4 N–H and O–H groups in total. The van der Waals surface area contributed by atoms with Crippen LogP contribution in [0, 0.1) is 0 Å². The SMILES string of the molecule is CC(=O)OC(C(=O)O)C(CC(O)CO)(OC(C)=O)C(=O)O. The van der Waals surface area contributed by atoms with E-state index < -0.39 is 54.7 Å². The first kappa shape index (κ1) is 18.8. The van der Waals surface area contributed by atoms with E-state index in [0.29, 0.717) is 0 Å². The van der Waals surface area contributed by atoms with Gasteiger partial charge in [-0.1, -0.05) is 0 Å². The molecule has 0 aliphatic rings. The number of carboxylic acids is 2. The van der Waals surface area contributed by atoms with Crippen LogP contribution in [0.3, 0.4) is 0 Å². The molecule has 0 aliphatic heterocycles. The number of carbonyl (C=O) groups excluding carboxylic acids is 2. The molecule has 0 saturated heterocycles. The Hall–Kier alpha value is -2.20. The van der Waals surface area contributed by atoms with Gasteiger partial charge < -0.3 is 29.9 Å². The fourth-order valence-electron chi connectivity index (χ4n) is 1.63. The van der Waals surface area contributed by atoms with Gasteiger partial charge in [-0.3, -0.25) is 9.59 Å². The van der Waals surface area contributed by atoms with E-state index in [-0.39, 0.29) is 0 Å². The van der Waals surface area contributed by atoms with Gasteiger partial charge in [0.05, 0.1) is 12.7 Å². The van der Waals surface area contributed by atoms with Crippen molar-refractivity contribution in [3.8, 4) is 0 Å². The van der Waals surface area contributed by atoms with Crippen LogP contribution in [0.15, 0.2) is 0 Å². The van der Waals surface area contributed by atoms with Gasteiger partial charge in [-0.25, -0.2) is 9.59 Å². The molecule has 0 aromatic heterocycles. The largest absolute Gasteiger partial charge is 0.478 e. The van der Waals surface area contributed by atoms with Crippen LogP contribution >= 0.6 is 0 Å². The summed E-state index contributed by atoms with van der Waals surface area (Å²) in [5.41, 5.74) is -2.87. The first-order valence-corrected chi connectivity index (χ1v) is 5.68. The highest BCUT2D eigenvalue weighted by Gasteiger charge is 2.56. The molecule has 0 rings (SSSR count). The lowest BCUT2D eigenvalue weighted by Gasteiger charge is -2.34. The molecule has 0 aliphatic carbocycles. The molecule has 21 heavy (non-hydrogen) atoms. The van der Waals surface area contributed by atoms with E-state index in [1.54, 1.807) is 0 Å². The number of hydrogen-bond acceptors (Lipinski definition) is 8. The summed E-state index contributed by atoms with van der Waals surface area (Å²) in [6.45, 7) is 0.733. The van der Waals surface area contributed by atoms with Crippen LogP contribution < -0.4 is 0 Å². The number of hydrogen-bond donors (Lipinski definition) is 4. The fraction of sp³-hybridized carbons (Fsp3) is 0.636. The fourth-order valence-corrected chi connectivity index (χ4v) is 1.63. The number of aliphatic carboxylic acids is 2. The Balaban J connectivity index is 5.89. The number of esters is 2. The van der Waals surface area contributed by atoms with E-state index in [0.717, 1.165) is 13.8 Å². The molecule has 0 amide bonds. The van der Waals surface area contributed by atoms with Crippen LogP contribution in [0.2, 0.25) is 0 Å². The summed E-state index contributed by atoms with van der Waals surface area (Å²) in [5.74, 6) is -6.13. The van der Waals surface area contributed by atoms with Crippen molar-refractivity contribution in [2.45, 2.75) is 38.1 Å². The van der Waals surface area contributed by atoms with E-state index in [9.17, 15) is 29.4 Å². The molecule has 0 fully saturated rings. The minimum absolute atomic E-state index is 0.815. The van der Waals surface area contributed by atoms with Gasteiger partial charge in [-0.2, -0.15) is 0 Å². The highest BCUT2D eigenvalue weighted by molar-refractivity contribution is 5.91. The minimum atomic E-state index is -2.87. The summed E-state index contributed by atoms with van der Waals surface area (Å²) >= 11 is 0. The molecular weight excluding hydrogens is 292 g/mol. The molecule has 0 saturated carbocycles. The summed E-state index contributed by atoms with van der Waals surface area (Å²) in [6.07, 6.45) is -5.08. The molecule has 0 aromatic carbocycles. The normalized spacial score (nSPS) is 16.2. The number of aliphatic hydroxyl groups is 2. The van der Waals surface area contributed by atoms with Crippen molar-refractivity contribution in [3.63, 3.8) is 0 Å². The van der Waals surface area contributed by atoms with E-state index in [4.69, 9.17) is 10.2 Å². The third-order valence-electron chi connectivity index (χ3n) is 2.37. The summed E-state index contributed by atoms with van der Waals surface area (Å²) in [5, 5.41) is 36.4. The molecule has 0 spiro atoms. The second-order valence-corrected chi connectivity index (χ2v) is 4.16. The predicted octanol–water partition coefficient (Wildman–Crippen LogP) is -1.87. The van der Waals surface area contributed by atoms with Gasteiger partial charge >= 0.3 is 23.9 Å². The Labute approximate surface area is 118 Å². The van der Waals surface area contributed by atoms with Gasteiger partial charge in [-0.15, -0.1) is 0 Å². The van der Waals surface area contributed by atoms with E-state index in [1.807, 2.05) is 0 Å². The first-order chi connectivity index (χ1) is 9.56. The maximum Gasteiger partial charge on any atom is 0.352 e. The lowest BCUT2D eigenvalue weighted by molar-refractivity contribution is -0.209. The average Bonchev–Trinajstić information content (AvgIpc) is 2.33. The summed E-state index contributed by atoms with van der Waals surface area (Å²) in [4.78, 5) is 44.6. The predicted molar refractivity (Wildman–Crippen MR) is 63.0 cm³/mol. The second-order valence-electron chi connectivity index (χ2n) is 4.16. The Kier molecular flexibility index (Phi) is 6.76. The molecule has 10 nitrogen and oxygen atoms in total. The lowest BCUT2D eigenvalue weighted by Crippen LogP contribution is -2.59. The van der Waals surface area contributed by atoms with Gasteiger partial charge in [0.25, 0.3) is 5.60 Å². The third-order valence-corrected chi connectivity index (χ3v) is 2.37. The van der Waals surface area contributed by atoms with E-state index in [2.05, 4.69) is 9.47 Å². The number of carboxylic acid groups (broad SMARTS) is 2. The van der Waals surface area contributed by atoms with Crippen molar-refractivity contribution >= 4 is 23.9 Å². The van der Waals surface area contributed by atoms with Crippen LogP contribution in [0.4, 0.5) is 0 Å². The topological polar surface area (TPSA) is 168 Å². The zero-order valence-electron chi connectivity index (χ0n) is 11.3. The van der Waals surface area contributed by atoms with Crippen LogP contribution in [-0.2, 0) is 28.7 Å². The van der Waals surface area contributed by atoms with Crippen molar-refractivity contribution in [2.75, 3.05) is 6.61 Å². The number of aliphatic hydroxyl groups excluding tert-OH is 2. The molecule has 3 unspecified atom stereocenters. The van der Waals surface area contributed by atoms with Gasteiger partial charge in [-0.05, 0) is 0 Å². The van der Waals surface area contributed by atoms with Crippen LogP contribution in [-0.4, -0.2) is 68.7 Å². The quantitative estimate of drug-likeness (QED) is 0.373. The van der Waals surface area contributed by atoms with Crippen molar-refractivity contribution in [1.82, 2.24) is 0 Å². The Bertz CT molecular complexity index is 431. The minimum Gasteiger partial charge on any atom is -0.478 e. The molecule has 0 aromatic rings. The monoisotopic (exact) mass is 308 g/mol. The maximum atomic E-state index is 11.4. The summed E-state index contributed by atoms with van der Waals surface area (Å²) in [7, 11) is 0. The number of ether oxygens (including phenoxy) is 2. The summed E-state index contributed by atoms with van der Waals surface area (Å²) in [6, 6.07) is 0. The Morgan fingerprint density at radius 3 is 1.90 bits per heavy atom. The Morgan fingerprint density at radius 1 is 1.10 bits per heavy atom. The standard InChI is InChI=1S/C11H16O10/c1-5(13)20-8(9(16)17)11(10(18)19,21-6(2)14)3-7(15)4-12/h7-8,12,15H,3-4H2,1-2H3,(H,16,17)(H,18,19). The Morgan fingerprint density at radius 2 is 1.62 bits per heavy atom. The van der Waals surface area contributed by atoms with Gasteiger partial charge in [0.2, 0.25) is 6.10 Å². The van der Waals surface area contributed by atoms with Gasteiger partial charge in [0.15, 0.2) is 0 Å². The molecule has 0 heterocycles. The molecule has 0 bridgehead atoms. The summed E-state index contributed by atoms with van der Waals surface area (Å²) < 4.78 is 8.92. The number of carbonyl (C=O) groups is 4. The van der Waals surface area contributed by atoms with Crippen molar-refractivity contribution in [1.29, 1.82) is 0 Å². The molecule has 3 atom stereocenters. The lowest BCUT2D eigenvalue weighted by atomic mass is 9.89. The van der Waals surface area contributed by atoms with Crippen LogP contribution in [0.1, 0.15) is 20.3 Å². The molecule has 0 radical (unpaired) electrons. The number of rotatable bonds is 8. The molecular formula is C11H16O10. The molecule has 120 valence electrons. The maximum absolute atomic E-state index is 11.4. The van der Waals surface area contributed by atoms with Gasteiger partial charge in [0, 0.05) is 20.3 Å². The van der Waals surface area contributed by atoms with Crippen molar-refractivity contribution in [2.24, 2.45) is 0 Å². The van der Waals surface area contributed by atoms with Crippen LogP contribution in [0.5, 0.6) is 0 Å². The average molecular weight is 308 g/mol.